The van der Waals surface area contributed by atoms with Gasteiger partial charge in [-0.2, -0.15) is 0 Å². The van der Waals surface area contributed by atoms with Crippen molar-refractivity contribution < 1.29 is 9.53 Å². The Morgan fingerprint density at radius 3 is 3.06 bits per heavy atom. The van der Waals surface area contributed by atoms with Crippen molar-refractivity contribution in [1.29, 1.82) is 0 Å². The predicted molar refractivity (Wildman–Crippen MR) is 72.1 cm³/mol. The van der Waals surface area contributed by atoms with Crippen LogP contribution in [0.4, 0.5) is 5.82 Å². The first-order chi connectivity index (χ1) is 8.81. The van der Waals surface area contributed by atoms with E-state index in [9.17, 15) is 4.79 Å². The predicted octanol–water partition coefficient (Wildman–Crippen LogP) is 2.58. The zero-order valence-corrected chi connectivity index (χ0v) is 10.9. The summed E-state index contributed by atoms with van der Waals surface area (Å²) in [5.74, 6) is 0.197. The summed E-state index contributed by atoms with van der Waals surface area (Å²) in [6.07, 6.45) is 2.56. The highest BCUT2D eigenvalue weighted by molar-refractivity contribution is 7.09. The van der Waals surface area contributed by atoms with Crippen LogP contribution in [-0.4, -0.2) is 24.6 Å². The number of ether oxygens (including phenoxy) is 1. The number of esters is 1. The van der Waals surface area contributed by atoms with E-state index in [-0.39, 0.29) is 5.97 Å². The number of anilines is 1. The molecule has 0 radical (unpaired) electrons. The van der Waals surface area contributed by atoms with Crippen molar-refractivity contribution in [3.05, 3.63) is 46.3 Å². The van der Waals surface area contributed by atoms with Crippen LogP contribution in [0.1, 0.15) is 15.2 Å². The smallest absolute Gasteiger partial charge is 0.341 e. The Morgan fingerprint density at radius 1 is 1.44 bits per heavy atom. The topological polar surface area (TPSA) is 51.2 Å². The fourth-order valence-electron chi connectivity index (χ4n) is 1.58. The maximum atomic E-state index is 11.5. The summed E-state index contributed by atoms with van der Waals surface area (Å²) in [5, 5.41) is 5.21. The second kappa shape index (κ2) is 6.16. The fourth-order valence-corrected chi connectivity index (χ4v) is 2.29. The van der Waals surface area contributed by atoms with E-state index in [4.69, 9.17) is 4.74 Å². The van der Waals surface area contributed by atoms with E-state index in [2.05, 4.69) is 21.7 Å². The van der Waals surface area contributed by atoms with Gasteiger partial charge in [-0.25, -0.2) is 9.78 Å². The number of aromatic nitrogens is 1. The van der Waals surface area contributed by atoms with Crippen LogP contribution in [0.25, 0.3) is 0 Å². The van der Waals surface area contributed by atoms with Gasteiger partial charge in [-0.3, -0.25) is 0 Å². The highest BCUT2D eigenvalue weighted by atomic mass is 32.1. The average Bonchev–Trinajstić information content (AvgIpc) is 2.92. The lowest BCUT2D eigenvalue weighted by molar-refractivity contribution is 0.0601. The molecule has 0 amide bonds. The van der Waals surface area contributed by atoms with Crippen molar-refractivity contribution >= 4 is 23.1 Å². The molecule has 18 heavy (non-hydrogen) atoms. The number of hydrogen-bond donors (Lipinski definition) is 1. The lowest BCUT2D eigenvalue weighted by Gasteiger charge is -2.08. The second-order valence-corrected chi connectivity index (χ2v) is 4.68. The van der Waals surface area contributed by atoms with Crippen LogP contribution in [0.15, 0.2) is 35.8 Å². The highest BCUT2D eigenvalue weighted by Crippen LogP contribution is 2.14. The molecule has 0 bridgehead atoms. The number of hydrogen-bond acceptors (Lipinski definition) is 5. The Kier molecular flexibility index (Phi) is 4.30. The van der Waals surface area contributed by atoms with Crippen LogP contribution in [0.2, 0.25) is 0 Å². The lowest BCUT2D eigenvalue weighted by Crippen LogP contribution is -2.11. The monoisotopic (exact) mass is 262 g/mol. The first kappa shape index (κ1) is 12.6. The van der Waals surface area contributed by atoms with E-state index < -0.39 is 0 Å². The number of nitrogens with zero attached hydrogens (tertiary/aromatic N) is 1. The van der Waals surface area contributed by atoms with Gasteiger partial charge in [0, 0.05) is 17.6 Å². The summed E-state index contributed by atoms with van der Waals surface area (Å²) >= 11 is 1.72. The summed E-state index contributed by atoms with van der Waals surface area (Å²) < 4.78 is 4.71. The van der Waals surface area contributed by atoms with Gasteiger partial charge in [0.25, 0.3) is 0 Å². The van der Waals surface area contributed by atoms with E-state index in [1.54, 1.807) is 29.7 Å². The number of carbonyl (C=O) groups is 1. The zero-order chi connectivity index (χ0) is 12.8. The third kappa shape index (κ3) is 3.07. The maximum absolute atomic E-state index is 11.5. The minimum atomic E-state index is -0.373. The van der Waals surface area contributed by atoms with Crippen molar-refractivity contribution in [3.8, 4) is 0 Å². The Hall–Kier alpha value is -1.88. The molecule has 0 aliphatic carbocycles. The molecule has 5 heteroatoms. The van der Waals surface area contributed by atoms with E-state index in [1.165, 1.54) is 12.0 Å². The molecule has 0 aliphatic rings. The molecule has 2 aromatic rings. The summed E-state index contributed by atoms with van der Waals surface area (Å²) in [7, 11) is 1.37. The van der Waals surface area contributed by atoms with E-state index in [1.807, 2.05) is 6.07 Å². The zero-order valence-electron chi connectivity index (χ0n) is 10.1. The SMILES string of the molecule is COC(=O)c1cccnc1NCCc1cccs1. The van der Waals surface area contributed by atoms with Crippen LogP contribution < -0.4 is 5.32 Å². The van der Waals surface area contributed by atoms with Gasteiger partial charge in [-0.1, -0.05) is 6.07 Å². The van der Waals surface area contributed by atoms with Crippen LogP contribution in [0.5, 0.6) is 0 Å². The lowest BCUT2D eigenvalue weighted by atomic mass is 10.2. The van der Waals surface area contributed by atoms with Gasteiger partial charge in [0.1, 0.15) is 11.4 Å². The molecular formula is C13H14N2O2S. The molecule has 0 aromatic carbocycles. The minimum absolute atomic E-state index is 0.373. The van der Waals surface area contributed by atoms with Crippen LogP contribution in [0, 0.1) is 0 Å². The standard InChI is InChI=1S/C13H14N2O2S/c1-17-13(16)11-5-2-7-14-12(11)15-8-6-10-4-3-9-18-10/h2-5,7,9H,6,8H2,1H3,(H,14,15). The van der Waals surface area contributed by atoms with Gasteiger partial charge in [0.15, 0.2) is 0 Å². The second-order valence-electron chi connectivity index (χ2n) is 3.65. The normalized spacial score (nSPS) is 10.1. The number of carbonyl (C=O) groups excluding carboxylic acids is 1. The number of thiophene rings is 1. The summed E-state index contributed by atoms with van der Waals surface area (Å²) in [5.41, 5.74) is 0.464. The molecule has 1 N–H and O–H groups in total. The first-order valence-electron chi connectivity index (χ1n) is 5.61. The molecule has 2 aromatic heterocycles. The third-order valence-electron chi connectivity index (χ3n) is 2.46. The van der Waals surface area contributed by atoms with Crippen molar-refractivity contribution in [3.63, 3.8) is 0 Å². The van der Waals surface area contributed by atoms with Crippen molar-refractivity contribution in [2.45, 2.75) is 6.42 Å². The minimum Gasteiger partial charge on any atom is -0.465 e. The quantitative estimate of drug-likeness (QED) is 0.841. The molecule has 0 unspecified atom stereocenters. The molecule has 0 aliphatic heterocycles. The Balaban J connectivity index is 1.98. The van der Waals surface area contributed by atoms with Gasteiger partial charge in [-0.05, 0) is 30.0 Å². The average molecular weight is 262 g/mol. The molecule has 4 nitrogen and oxygen atoms in total. The largest absolute Gasteiger partial charge is 0.465 e. The van der Waals surface area contributed by atoms with E-state index >= 15 is 0 Å². The Labute approximate surface area is 110 Å². The highest BCUT2D eigenvalue weighted by Gasteiger charge is 2.11. The number of methoxy groups -OCH3 is 1. The molecule has 94 valence electrons. The Morgan fingerprint density at radius 2 is 2.33 bits per heavy atom. The van der Waals surface area contributed by atoms with Crippen LogP contribution in [0.3, 0.4) is 0 Å². The van der Waals surface area contributed by atoms with Crippen LogP contribution >= 0.6 is 11.3 Å². The Bertz CT molecular complexity index is 511. The molecule has 0 saturated heterocycles. The summed E-state index contributed by atoms with van der Waals surface area (Å²) in [6.45, 7) is 0.738. The van der Waals surface area contributed by atoms with Gasteiger partial charge in [-0.15, -0.1) is 11.3 Å². The maximum Gasteiger partial charge on any atom is 0.341 e. The molecule has 0 atom stereocenters. The molecular weight excluding hydrogens is 248 g/mol. The van der Waals surface area contributed by atoms with Gasteiger partial charge in [0.05, 0.1) is 7.11 Å². The fraction of sp³-hybridized carbons (Fsp3) is 0.231. The van der Waals surface area contributed by atoms with E-state index in [0.717, 1.165) is 13.0 Å². The van der Waals surface area contributed by atoms with Crippen LogP contribution in [-0.2, 0) is 11.2 Å². The number of pyridine rings is 1. The summed E-state index contributed by atoms with van der Waals surface area (Å²) in [6, 6.07) is 7.54. The molecule has 0 saturated carbocycles. The number of nitrogens with one attached hydrogen (secondary N) is 1. The van der Waals surface area contributed by atoms with Crippen molar-refractivity contribution in [2.75, 3.05) is 19.0 Å². The molecule has 0 spiro atoms. The van der Waals surface area contributed by atoms with Crippen molar-refractivity contribution in [1.82, 2.24) is 4.98 Å². The van der Waals surface area contributed by atoms with Gasteiger partial charge < -0.3 is 10.1 Å². The van der Waals surface area contributed by atoms with Crippen molar-refractivity contribution in [2.24, 2.45) is 0 Å². The third-order valence-corrected chi connectivity index (χ3v) is 3.39. The molecule has 0 fully saturated rings. The van der Waals surface area contributed by atoms with Gasteiger partial charge in [0.2, 0.25) is 0 Å². The molecule has 2 rings (SSSR count). The van der Waals surface area contributed by atoms with Gasteiger partial charge >= 0.3 is 5.97 Å². The summed E-state index contributed by atoms with van der Waals surface area (Å²) in [4.78, 5) is 17.0. The first-order valence-corrected chi connectivity index (χ1v) is 6.49. The number of rotatable bonds is 5. The molecule has 2 heterocycles. The van der Waals surface area contributed by atoms with E-state index in [0.29, 0.717) is 11.4 Å².